The monoisotopic (exact) mass is 159 g/mol. The van der Waals surface area contributed by atoms with Crippen LogP contribution in [0.2, 0.25) is 0 Å². The maximum Gasteiger partial charge on any atom is 0.0587 e. The number of nitrogens with one attached hydrogen (secondary N) is 1. The Hall–Kier alpha value is -0.0800. The molecule has 0 aromatic carbocycles. The molecule has 0 aliphatic heterocycles. The first-order chi connectivity index (χ1) is 5.26. The highest BCUT2D eigenvalue weighted by Gasteiger charge is 2.13. The van der Waals surface area contributed by atoms with Gasteiger partial charge in [-0.05, 0) is 18.9 Å². The Kier molecular flexibility index (Phi) is 6.57. The molecule has 0 aromatic rings. The Morgan fingerprint density at radius 2 is 2.00 bits per heavy atom. The summed E-state index contributed by atoms with van der Waals surface area (Å²) in [5.41, 5.74) is 0. The van der Waals surface area contributed by atoms with Crippen molar-refractivity contribution >= 4 is 0 Å². The van der Waals surface area contributed by atoms with Crippen LogP contribution in [0.3, 0.4) is 0 Å². The molecular weight excluding hydrogens is 138 g/mol. The van der Waals surface area contributed by atoms with Gasteiger partial charge in [0.2, 0.25) is 0 Å². The van der Waals surface area contributed by atoms with E-state index in [1.165, 1.54) is 12.8 Å². The Morgan fingerprint density at radius 1 is 1.36 bits per heavy atom. The first-order valence-electron chi connectivity index (χ1n) is 4.60. The molecule has 2 unspecified atom stereocenters. The highest BCUT2D eigenvalue weighted by atomic mass is 16.3. The van der Waals surface area contributed by atoms with Crippen molar-refractivity contribution in [3.8, 4) is 0 Å². The second kappa shape index (κ2) is 6.62. The summed E-state index contributed by atoms with van der Waals surface area (Å²) in [5, 5.41) is 12.3. The fraction of sp³-hybridized carbons (Fsp3) is 1.00. The number of aliphatic hydroxyl groups is 1. The normalized spacial score (nSPS) is 16.4. The van der Waals surface area contributed by atoms with Crippen LogP contribution in [0.1, 0.15) is 33.6 Å². The van der Waals surface area contributed by atoms with Gasteiger partial charge in [0.05, 0.1) is 6.61 Å². The molecule has 2 nitrogen and oxygen atoms in total. The topological polar surface area (TPSA) is 32.3 Å². The minimum absolute atomic E-state index is 0.259. The van der Waals surface area contributed by atoms with Crippen molar-refractivity contribution in [1.82, 2.24) is 5.32 Å². The largest absolute Gasteiger partial charge is 0.395 e. The zero-order valence-electron chi connectivity index (χ0n) is 7.93. The Balaban J connectivity index is 3.61. The predicted molar refractivity (Wildman–Crippen MR) is 48.6 cm³/mol. The van der Waals surface area contributed by atoms with Crippen molar-refractivity contribution < 1.29 is 5.11 Å². The summed E-state index contributed by atoms with van der Waals surface area (Å²) in [7, 11) is 0. The molecule has 0 aliphatic rings. The van der Waals surface area contributed by atoms with Gasteiger partial charge in [-0.1, -0.05) is 27.2 Å². The van der Waals surface area contributed by atoms with Gasteiger partial charge in [0.15, 0.2) is 0 Å². The van der Waals surface area contributed by atoms with Crippen molar-refractivity contribution in [2.24, 2.45) is 5.92 Å². The van der Waals surface area contributed by atoms with E-state index in [0.717, 1.165) is 6.54 Å². The number of rotatable bonds is 6. The molecule has 11 heavy (non-hydrogen) atoms. The highest BCUT2D eigenvalue weighted by molar-refractivity contribution is 4.70. The minimum atomic E-state index is 0.259. The van der Waals surface area contributed by atoms with Crippen LogP contribution in [0, 0.1) is 5.92 Å². The van der Waals surface area contributed by atoms with Crippen LogP contribution >= 0.6 is 0 Å². The molecule has 0 radical (unpaired) electrons. The zero-order chi connectivity index (χ0) is 8.69. The average Bonchev–Trinajstić information content (AvgIpc) is 2.00. The lowest BCUT2D eigenvalue weighted by Crippen LogP contribution is -2.37. The summed E-state index contributed by atoms with van der Waals surface area (Å²) in [5.74, 6) is 0.588. The maximum absolute atomic E-state index is 8.99. The fourth-order valence-corrected chi connectivity index (χ4v) is 1.36. The first kappa shape index (κ1) is 10.9. The quantitative estimate of drug-likeness (QED) is 0.614. The smallest absolute Gasteiger partial charge is 0.0587 e. The molecule has 0 saturated heterocycles. The van der Waals surface area contributed by atoms with Crippen molar-refractivity contribution in [3.05, 3.63) is 0 Å². The summed E-state index contributed by atoms with van der Waals surface area (Å²) >= 11 is 0. The van der Waals surface area contributed by atoms with E-state index in [2.05, 4.69) is 26.1 Å². The second-order valence-electron chi connectivity index (χ2n) is 3.11. The van der Waals surface area contributed by atoms with Crippen LogP contribution in [0.25, 0.3) is 0 Å². The van der Waals surface area contributed by atoms with Crippen LogP contribution in [0.15, 0.2) is 0 Å². The molecule has 0 amide bonds. The molecule has 0 spiro atoms. The first-order valence-corrected chi connectivity index (χ1v) is 4.60. The lowest BCUT2D eigenvalue weighted by Gasteiger charge is -2.21. The van der Waals surface area contributed by atoms with Gasteiger partial charge in [-0.2, -0.15) is 0 Å². The zero-order valence-corrected chi connectivity index (χ0v) is 7.93. The highest BCUT2D eigenvalue weighted by Crippen LogP contribution is 2.09. The molecule has 0 rings (SSSR count). The minimum Gasteiger partial charge on any atom is -0.395 e. The lowest BCUT2D eigenvalue weighted by atomic mass is 9.97. The summed E-state index contributed by atoms with van der Waals surface area (Å²) in [4.78, 5) is 0. The molecular formula is C9H21NO. The average molecular weight is 159 g/mol. The van der Waals surface area contributed by atoms with Crippen LogP contribution < -0.4 is 5.32 Å². The molecule has 0 fully saturated rings. The van der Waals surface area contributed by atoms with E-state index < -0.39 is 0 Å². The van der Waals surface area contributed by atoms with Gasteiger partial charge in [-0.3, -0.25) is 0 Å². The Bertz CT molecular complexity index is 85.6. The summed E-state index contributed by atoms with van der Waals surface area (Å²) < 4.78 is 0. The van der Waals surface area contributed by atoms with Crippen LogP contribution in [-0.2, 0) is 0 Å². The third kappa shape index (κ3) is 4.38. The third-order valence-electron chi connectivity index (χ3n) is 2.09. The van der Waals surface area contributed by atoms with E-state index in [0.29, 0.717) is 12.0 Å². The number of aliphatic hydroxyl groups excluding tert-OH is 1. The van der Waals surface area contributed by atoms with E-state index in [1.807, 2.05) is 0 Å². The molecule has 0 aliphatic carbocycles. The number of hydrogen-bond donors (Lipinski definition) is 2. The molecule has 2 atom stereocenters. The van der Waals surface area contributed by atoms with Crippen LogP contribution in [-0.4, -0.2) is 24.3 Å². The summed E-state index contributed by atoms with van der Waals surface area (Å²) in [6.07, 6.45) is 2.39. The van der Waals surface area contributed by atoms with Gasteiger partial charge >= 0.3 is 0 Å². The molecule has 0 saturated carbocycles. The van der Waals surface area contributed by atoms with Crippen LogP contribution in [0.5, 0.6) is 0 Å². The van der Waals surface area contributed by atoms with E-state index in [9.17, 15) is 0 Å². The molecule has 68 valence electrons. The molecule has 2 heteroatoms. The van der Waals surface area contributed by atoms with Crippen molar-refractivity contribution in [2.75, 3.05) is 13.2 Å². The molecule has 0 heterocycles. The van der Waals surface area contributed by atoms with Gasteiger partial charge in [0.25, 0.3) is 0 Å². The SMILES string of the molecule is CCCC(C)C(CO)NCC. The Labute approximate surface area is 70.0 Å². The maximum atomic E-state index is 8.99. The summed E-state index contributed by atoms with van der Waals surface area (Å²) in [6, 6.07) is 0.292. The Morgan fingerprint density at radius 3 is 2.36 bits per heavy atom. The summed E-state index contributed by atoms with van der Waals surface area (Å²) in [6.45, 7) is 7.64. The van der Waals surface area contributed by atoms with Gasteiger partial charge in [0, 0.05) is 6.04 Å². The van der Waals surface area contributed by atoms with Crippen molar-refractivity contribution in [1.29, 1.82) is 0 Å². The van der Waals surface area contributed by atoms with Gasteiger partial charge in [-0.25, -0.2) is 0 Å². The van der Waals surface area contributed by atoms with E-state index in [1.54, 1.807) is 0 Å². The third-order valence-corrected chi connectivity index (χ3v) is 2.09. The standard InChI is InChI=1S/C9H21NO/c1-4-6-8(3)9(7-11)10-5-2/h8-11H,4-7H2,1-3H3. The van der Waals surface area contributed by atoms with Gasteiger partial charge in [-0.15, -0.1) is 0 Å². The molecule has 0 bridgehead atoms. The van der Waals surface area contributed by atoms with E-state index in [-0.39, 0.29) is 6.61 Å². The van der Waals surface area contributed by atoms with Crippen LogP contribution in [0.4, 0.5) is 0 Å². The van der Waals surface area contributed by atoms with E-state index >= 15 is 0 Å². The fourth-order valence-electron chi connectivity index (χ4n) is 1.36. The van der Waals surface area contributed by atoms with Gasteiger partial charge in [0.1, 0.15) is 0 Å². The van der Waals surface area contributed by atoms with Crippen molar-refractivity contribution in [3.63, 3.8) is 0 Å². The molecule has 2 N–H and O–H groups in total. The predicted octanol–water partition coefficient (Wildman–Crippen LogP) is 1.39. The number of hydrogen-bond acceptors (Lipinski definition) is 2. The van der Waals surface area contributed by atoms with Gasteiger partial charge < -0.3 is 10.4 Å². The number of likely N-dealkylation sites (N-methyl/N-ethyl adjacent to an activating group) is 1. The van der Waals surface area contributed by atoms with Crippen molar-refractivity contribution in [2.45, 2.75) is 39.7 Å². The second-order valence-corrected chi connectivity index (χ2v) is 3.11. The lowest BCUT2D eigenvalue weighted by molar-refractivity contribution is 0.201. The molecule has 0 aromatic heterocycles. The van der Waals surface area contributed by atoms with E-state index in [4.69, 9.17) is 5.11 Å².